The van der Waals surface area contributed by atoms with Gasteiger partial charge in [-0.15, -0.1) is 0 Å². The fourth-order valence-corrected chi connectivity index (χ4v) is 3.00. The van der Waals surface area contributed by atoms with Crippen molar-refractivity contribution in [2.24, 2.45) is 0 Å². The van der Waals surface area contributed by atoms with Crippen LogP contribution in [0.25, 0.3) is 0 Å². The van der Waals surface area contributed by atoms with E-state index in [1.54, 1.807) is 6.92 Å². The van der Waals surface area contributed by atoms with Crippen LogP contribution in [-0.2, 0) is 24.6 Å². The molecule has 4 nitrogen and oxygen atoms in total. The van der Waals surface area contributed by atoms with Crippen LogP contribution in [0, 0.1) is 6.92 Å². The Balaban J connectivity index is 3.21. The quantitative estimate of drug-likeness (QED) is 0.787. The van der Waals surface area contributed by atoms with Crippen molar-refractivity contribution >= 4 is 29.6 Å². The molecule has 0 spiro atoms. The molecule has 0 aliphatic carbocycles. The smallest absolute Gasteiger partial charge is 0.224 e. The molecule has 1 rings (SSSR count). The molecule has 0 saturated heterocycles. The molecule has 1 aromatic rings. The second-order valence-electron chi connectivity index (χ2n) is 3.54. The molecule has 0 heterocycles. The van der Waals surface area contributed by atoms with E-state index < -0.39 is 18.9 Å². The molecule has 0 radical (unpaired) electrons. The van der Waals surface area contributed by atoms with E-state index in [0.717, 1.165) is 6.26 Å². The highest BCUT2D eigenvalue weighted by atomic mass is 35.7. The minimum atomic E-state index is -3.63. The third kappa shape index (κ3) is 3.77. The molecule has 0 bridgehead atoms. The summed E-state index contributed by atoms with van der Waals surface area (Å²) in [7, 11) is -1.77. The lowest BCUT2D eigenvalue weighted by Crippen LogP contribution is -2.01. The fourth-order valence-electron chi connectivity index (χ4n) is 1.25. The summed E-state index contributed by atoms with van der Waals surface area (Å²) in [4.78, 5) is 0.167. The van der Waals surface area contributed by atoms with Gasteiger partial charge in [0.1, 0.15) is 0 Å². The van der Waals surface area contributed by atoms with E-state index in [9.17, 15) is 16.8 Å². The van der Waals surface area contributed by atoms with Crippen LogP contribution in [0.1, 0.15) is 11.1 Å². The molecule has 0 aliphatic heterocycles. The fraction of sp³-hybridized carbons (Fsp3) is 0.333. The first-order valence-electron chi connectivity index (χ1n) is 4.31. The number of sulfone groups is 1. The number of rotatable bonds is 3. The Morgan fingerprint density at radius 1 is 1.19 bits per heavy atom. The van der Waals surface area contributed by atoms with Crippen molar-refractivity contribution in [3.8, 4) is 0 Å². The van der Waals surface area contributed by atoms with Crippen molar-refractivity contribution in [2.75, 3.05) is 6.26 Å². The van der Waals surface area contributed by atoms with Gasteiger partial charge in [-0.25, -0.2) is 16.8 Å². The zero-order valence-electron chi connectivity index (χ0n) is 8.77. The molecule has 0 saturated carbocycles. The van der Waals surface area contributed by atoms with Gasteiger partial charge in [0, 0.05) is 16.9 Å². The third-order valence-corrected chi connectivity index (χ3v) is 4.16. The number of hydrogen-bond acceptors (Lipinski definition) is 4. The van der Waals surface area contributed by atoms with Gasteiger partial charge in [0.15, 0.2) is 9.84 Å². The second-order valence-corrected chi connectivity index (χ2v) is 8.34. The monoisotopic (exact) mass is 282 g/mol. The van der Waals surface area contributed by atoms with Crippen LogP contribution in [0.3, 0.4) is 0 Å². The minimum Gasteiger partial charge on any atom is -0.224 e. The molecule has 16 heavy (non-hydrogen) atoms. The van der Waals surface area contributed by atoms with Crippen LogP contribution < -0.4 is 0 Å². The first-order valence-corrected chi connectivity index (χ1v) is 8.68. The highest BCUT2D eigenvalue weighted by Gasteiger charge is 2.12. The summed E-state index contributed by atoms with van der Waals surface area (Å²) in [5.74, 6) is -0.301. The molecular weight excluding hydrogens is 272 g/mol. The molecule has 0 aliphatic rings. The van der Waals surface area contributed by atoms with Gasteiger partial charge < -0.3 is 0 Å². The first kappa shape index (κ1) is 13.5. The van der Waals surface area contributed by atoms with Crippen molar-refractivity contribution < 1.29 is 16.8 Å². The predicted molar refractivity (Wildman–Crippen MR) is 62.8 cm³/mol. The predicted octanol–water partition coefficient (Wildman–Crippen LogP) is 1.47. The number of hydrogen-bond donors (Lipinski definition) is 0. The lowest BCUT2D eigenvalue weighted by atomic mass is 10.1. The van der Waals surface area contributed by atoms with E-state index in [0.29, 0.717) is 11.1 Å². The van der Waals surface area contributed by atoms with Gasteiger partial charge in [-0.3, -0.25) is 0 Å². The number of aryl methyl sites for hydroxylation is 1. The van der Waals surface area contributed by atoms with Crippen molar-refractivity contribution in [3.63, 3.8) is 0 Å². The van der Waals surface area contributed by atoms with E-state index in [4.69, 9.17) is 10.7 Å². The highest BCUT2D eigenvalue weighted by molar-refractivity contribution is 8.13. The van der Waals surface area contributed by atoms with E-state index in [2.05, 4.69) is 0 Å². The van der Waals surface area contributed by atoms with Gasteiger partial charge in [0.2, 0.25) is 9.05 Å². The van der Waals surface area contributed by atoms with Gasteiger partial charge in [-0.1, -0.05) is 6.07 Å². The lowest BCUT2D eigenvalue weighted by Gasteiger charge is -2.05. The topological polar surface area (TPSA) is 68.3 Å². The Kier molecular flexibility index (Phi) is 3.66. The van der Waals surface area contributed by atoms with Crippen molar-refractivity contribution in [1.29, 1.82) is 0 Å². The number of benzene rings is 1. The molecule has 0 fully saturated rings. The van der Waals surface area contributed by atoms with Crippen LogP contribution >= 0.6 is 10.7 Å². The van der Waals surface area contributed by atoms with E-state index in [1.165, 1.54) is 18.2 Å². The van der Waals surface area contributed by atoms with Crippen molar-refractivity contribution in [1.82, 2.24) is 0 Å². The van der Waals surface area contributed by atoms with E-state index in [1.807, 2.05) is 0 Å². The SMILES string of the molecule is Cc1cc(S(C)(=O)=O)ccc1CS(=O)(=O)Cl. The van der Waals surface area contributed by atoms with Crippen LogP contribution in [0.5, 0.6) is 0 Å². The molecule has 7 heteroatoms. The highest BCUT2D eigenvalue weighted by Crippen LogP contribution is 2.18. The van der Waals surface area contributed by atoms with E-state index in [-0.39, 0.29) is 10.6 Å². The Bertz CT molecular complexity index is 602. The number of halogens is 1. The first-order chi connectivity index (χ1) is 7.09. The van der Waals surface area contributed by atoms with Crippen LogP contribution in [0.4, 0.5) is 0 Å². The summed E-state index contributed by atoms with van der Waals surface area (Å²) in [6.07, 6.45) is 1.10. The lowest BCUT2D eigenvalue weighted by molar-refractivity contribution is 0.601. The molecule has 0 N–H and O–H groups in total. The molecule has 0 atom stereocenters. The van der Waals surface area contributed by atoms with Crippen LogP contribution in [0.2, 0.25) is 0 Å². The zero-order valence-corrected chi connectivity index (χ0v) is 11.2. The summed E-state index contributed by atoms with van der Waals surface area (Å²) in [6, 6.07) is 4.28. The maximum atomic E-state index is 11.2. The average molecular weight is 283 g/mol. The molecule has 0 unspecified atom stereocenters. The third-order valence-electron chi connectivity index (χ3n) is 2.07. The van der Waals surface area contributed by atoms with Gasteiger partial charge in [0.05, 0.1) is 10.6 Å². The Morgan fingerprint density at radius 2 is 1.75 bits per heavy atom. The molecule has 0 aromatic heterocycles. The van der Waals surface area contributed by atoms with Crippen LogP contribution in [0.15, 0.2) is 23.1 Å². The van der Waals surface area contributed by atoms with Crippen LogP contribution in [-0.4, -0.2) is 23.1 Å². The molecule has 0 amide bonds. The summed E-state index contributed by atoms with van der Waals surface area (Å²) in [5.41, 5.74) is 1.09. The van der Waals surface area contributed by atoms with Gasteiger partial charge in [-0.2, -0.15) is 0 Å². The van der Waals surface area contributed by atoms with E-state index >= 15 is 0 Å². The maximum absolute atomic E-state index is 11.2. The van der Waals surface area contributed by atoms with Gasteiger partial charge >= 0.3 is 0 Å². The average Bonchev–Trinajstić information content (AvgIpc) is 2.04. The second kappa shape index (κ2) is 4.35. The summed E-state index contributed by atoms with van der Waals surface area (Å²) < 4.78 is 44.2. The Hall–Kier alpha value is -0.590. The summed E-state index contributed by atoms with van der Waals surface area (Å²) in [5, 5.41) is 0. The normalized spacial score (nSPS) is 12.7. The summed E-state index contributed by atoms with van der Waals surface area (Å²) >= 11 is 0. The molecule has 1 aromatic carbocycles. The summed E-state index contributed by atoms with van der Waals surface area (Å²) in [6.45, 7) is 1.64. The minimum absolute atomic E-state index is 0.167. The standard InChI is InChI=1S/C9H11ClO4S2/c1-7-5-9(15(2,11)12)4-3-8(7)6-16(10,13)14/h3-5H,6H2,1-2H3. The molecular formula is C9H11ClO4S2. The van der Waals surface area contributed by atoms with Gasteiger partial charge in [-0.05, 0) is 30.2 Å². The largest absolute Gasteiger partial charge is 0.236 e. The maximum Gasteiger partial charge on any atom is 0.236 e. The van der Waals surface area contributed by atoms with Crippen molar-refractivity contribution in [3.05, 3.63) is 29.3 Å². The molecule has 90 valence electrons. The van der Waals surface area contributed by atoms with Crippen molar-refractivity contribution in [2.45, 2.75) is 17.6 Å². The Labute approximate surface area is 99.6 Å². The Morgan fingerprint density at radius 3 is 2.12 bits per heavy atom. The zero-order chi connectivity index (χ0) is 12.6. The van der Waals surface area contributed by atoms with Gasteiger partial charge in [0.25, 0.3) is 0 Å².